The van der Waals surface area contributed by atoms with Crippen molar-refractivity contribution in [2.75, 3.05) is 38.3 Å². The number of para-hydroxylation sites is 1. The van der Waals surface area contributed by atoms with Crippen LogP contribution in [0.5, 0.6) is 5.75 Å². The summed E-state index contributed by atoms with van der Waals surface area (Å²) in [6, 6.07) is 15.3. The van der Waals surface area contributed by atoms with Gasteiger partial charge in [0.1, 0.15) is 17.3 Å². The summed E-state index contributed by atoms with van der Waals surface area (Å²) in [7, 11) is 5.31. The first kappa shape index (κ1) is 26.2. The molecule has 39 heavy (non-hydrogen) atoms. The summed E-state index contributed by atoms with van der Waals surface area (Å²) in [5.74, 6) is 0.435. The molecule has 3 aromatic heterocycles. The molecule has 0 unspecified atom stereocenters. The van der Waals surface area contributed by atoms with Gasteiger partial charge in [-0.05, 0) is 55.2 Å². The molecule has 0 spiro atoms. The minimum atomic E-state index is -0.237. The zero-order valence-corrected chi connectivity index (χ0v) is 22.8. The van der Waals surface area contributed by atoms with Gasteiger partial charge in [-0.2, -0.15) is 0 Å². The number of thiophene rings is 1. The number of ether oxygens (including phenoxy) is 1. The Kier molecular flexibility index (Phi) is 7.49. The van der Waals surface area contributed by atoms with Crippen LogP contribution >= 0.6 is 11.3 Å². The van der Waals surface area contributed by atoms with Crippen LogP contribution < -0.4 is 26.4 Å². The summed E-state index contributed by atoms with van der Waals surface area (Å²) >= 11 is 1.44. The van der Waals surface area contributed by atoms with Crippen molar-refractivity contribution in [2.45, 2.75) is 6.42 Å². The van der Waals surface area contributed by atoms with Crippen LogP contribution in [0.15, 0.2) is 60.1 Å². The molecule has 0 saturated carbocycles. The molecule has 9 nitrogen and oxygen atoms in total. The largest absolute Gasteiger partial charge is 0.495 e. The average Bonchev–Trinajstić information content (AvgIpc) is 3.54. The van der Waals surface area contributed by atoms with Crippen molar-refractivity contribution < 1.29 is 14.3 Å². The SMILES string of the molecule is CNCCCNC(=O)c1cnc(N)c2c(-c3ccc(NC(=O)c4cc5ccccc5n4C)c(OC)c3)csc12. The van der Waals surface area contributed by atoms with Crippen molar-refractivity contribution in [1.29, 1.82) is 0 Å². The second kappa shape index (κ2) is 11.1. The van der Waals surface area contributed by atoms with E-state index in [1.807, 2.05) is 66.5 Å². The molecule has 5 N–H and O–H groups in total. The molecule has 5 aromatic rings. The Morgan fingerprint density at radius 1 is 1.10 bits per heavy atom. The van der Waals surface area contributed by atoms with Gasteiger partial charge in [-0.1, -0.05) is 24.3 Å². The molecular weight excluding hydrogens is 512 g/mol. The van der Waals surface area contributed by atoms with Gasteiger partial charge < -0.3 is 31.0 Å². The fourth-order valence-electron chi connectivity index (χ4n) is 4.66. The second-order valence-electron chi connectivity index (χ2n) is 9.14. The number of aryl methyl sites for hydroxylation is 1. The number of carbonyl (C=O) groups excluding carboxylic acids is 2. The van der Waals surface area contributed by atoms with Crippen LogP contribution in [-0.2, 0) is 7.05 Å². The predicted octanol–water partition coefficient (Wildman–Crippen LogP) is 4.64. The maximum atomic E-state index is 13.2. The molecule has 2 amide bonds. The zero-order valence-electron chi connectivity index (χ0n) is 22.0. The molecule has 0 bridgehead atoms. The lowest BCUT2D eigenvalue weighted by Gasteiger charge is -2.13. The lowest BCUT2D eigenvalue weighted by molar-refractivity contribution is 0.0953. The zero-order chi connectivity index (χ0) is 27.5. The summed E-state index contributed by atoms with van der Waals surface area (Å²) in [6.07, 6.45) is 2.35. The number of nitrogens with zero attached hydrogens (tertiary/aromatic N) is 2. The number of nitrogens with two attached hydrogens (primary N) is 1. The topological polar surface area (TPSA) is 123 Å². The first-order valence-corrected chi connectivity index (χ1v) is 13.4. The third kappa shape index (κ3) is 5.04. The summed E-state index contributed by atoms with van der Waals surface area (Å²) < 4.78 is 8.29. The highest BCUT2D eigenvalue weighted by molar-refractivity contribution is 7.18. The van der Waals surface area contributed by atoms with Crippen LogP contribution in [0.25, 0.3) is 32.1 Å². The third-order valence-electron chi connectivity index (χ3n) is 6.70. The van der Waals surface area contributed by atoms with E-state index in [0.717, 1.165) is 45.1 Å². The lowest BCUT2D eigenvalue weighted by Crippen LogP contribution is -2.26. The maximum Gasteiger partial charge on any atom is 0.272 e. The number of carbonyl (C=O) groups is 2. The summed E-state index contributed by atoms with van der Waals surface area (Å²) in [5, 5.41) is 12.7. The smallest absolute Gasteiger partial charge is 0.272 e. The standard InChI is InChI=1S/C29H30N6O3S/c1-31-11-6-12-32-28(36)19-15-33-27(30)25-20(16-39-26(19)25)17-9-10-21(24(14-17)38-3)34-29(37)23-13-18-7-4-5-8-22(18)35(23)2/h4-5,7-10,13-16,31H,6,11-12H2,1-3H3,(H2,30,33)(H,32,36)(H,34,37). The average molecular weight is 543 g/mol. The first-order chi connectivity index (χ1) is 18.9. The molecule has 0 fully saturated rings. The Morgan fingerprint density at radius 2 is 1.92 bits per heavy atom. The van der Waals surface area contributed by atoms with Crippen molar-refractivity contribution >= 4 is 55.6 Å². The Hall–Kier alpha value is -4.41. The van der Waals surface area contributed by atoms with Crippen LogP contribution in [0.1, 0.15) is 27.3 Å². The molecule has 0 aliphatic rings. The van der Waals surface area contributed by atoms with E-state index in [2.05, 4.69) is 20.9 Å². The second-order valence-corrected chi connectivity index (χ2v) is 10.0. The first-order valence-electron chi connectivity index (χ1n) is 12.6. The van der Waals surface area contributed by atoms with Crippen molar-refractivity contribution in [3.8, 4) is 16.9 Å². The number of amides is 2. The van der Waals surface area contributed by atoms with Gasteiger partial charge in [0.05, 0.1) is 23.1 Å². The number of anilines is 2. The summed E-state index contributed by atoms with van der Waals surface area (Å²) in [6.45, 7) is 1.38. The fraction of sp³-hybridized carbons (Fsp3) is 0.207. The maximum absolute atomic E-state index is 13.2. The van der Waals surface area contributed by atoms with Crippen LogP contribution in [0.3, 0.4) is 0 Å². The molecule has 10 heteroatoms. The highest BCUT2D eigenvalue weighted by Gasteiger charge is 2.20. The quantitative estimate of drug-likeness (QED) is 0.201. The summed E-state index contributed by atoms with van der Waals surface area (Å²) in [5.41, 5.74) is 10.5. The molecule has 0 saturated heterocycles. The van der Waals surface area contributed by atoms with Crippen molar-refractivity contribution in [1.82, 2.24) is 20.2 Å². The molecule has 200 valence electrons. The number of rotatable bonds is 9. The van der Waals surface area contributed by atoms with Crippen molar-refractivity contribution in [3.05, 3.63) is 71.4 Å². The Morgan fingerprint density at radius 3 is 2.69 bits per heavy atom. The number of hydrogen-bond donors (Lipinski definition) is 4. The van der Waals surface area contributed by atoms with Crippen LogP contribution in [0.2, 0.25) is 0 Å². The number of hydrogen-bond acceptors (Lipinski definition) is 7. The van der Waals surface area contributed by atoms with Gasteiger partial charge in [-0.3, -0.25) is 9.59 Å². The van der Waals surface area contributed by atoms with Gasteiger partial charge in [-0.15, -0.1) is 11.3 Å². The Balaban J connectivity index is 1.44. The van der Waals surface area contributed by atoms with Gasteiger partial charge in [0, 0.05) is 41.6 Å². The minimum Gasteiger partial charge on any atom is -0.495 e. The van der Waals surface area contributed by atoms with E-state index in [1.54, 1.807) is 13.2 Å². The van der Waals surface area contributed by atoms with E-state index in [-0.39, 0.29) is 11.8 Å². The Labute approximate surface area is 230 Å². The van der Waals surface area contributed by atoms with Gasteiger partial charge >= 0.3 is 0 Å². The number of benzene rings is 2. The van der Waals surface area contributed by atoms with Crippen LogP contribution in [-0.4, -0.2) is 48.6 Å². The molecular formula is C29H30N6O3S. The molecule has 2 aromatic carbocycles. The van der Waals surface area contributed by atoms with Gasteiger partial charge in [0.2, 0.25) is 0 Å². The van der Waals surface area contributed by atoms with E-state index in [4.69, 9.17) is 10.5 Å². The highest BCUT2D eigenvalue weighted by Crippen LogP contribution is 2.41. The van der Waals surface area contributed by atoms with E-state index in [0.29, 0.717) is 35.1 Å². The van der Waals surface area contributed by atoms with E-state index < -0.39 is 0 Å². The normalized spacial score (nSPS) is 11.2. The van der Waals surface area contributed by atoms with Gasteiger partial charge in [-0.25, -0.2) is 4.98 Å². The van der Waals surface area contributed by atoms with E-state index in [9.17, 15) is 9.59 Å². The van der Waals surface area contributed by atoms with Crippen LogP contribution in [0.4, 0.5) is 11.5 Å². The molecule has 0 radical (unpaired) electrons. The molecule has 0 aliphatic carbocycles. The van der Waals surface area contributed by atoms with Gasteiger partial charge in [0.25, 0.3) is 11.8 Å². The van der Waals surface area contributed by atoms with E-state index >= 15 is 0 Å². The molecule has 3 heterocycles. The number of methoxy groups -OCH3 is 1. The predicted molar refractivity (Wildman–Crippen MR) is 158 cm³/mol. The number of nitrogen functional groups attached to an aromatic ring is 1. The van der Waals surface area contributed by atoms with E-state index in [1.165, 1.54) is 17.5 Å². The number of pyridine rings is 1. The molecule has 5 rings (SSSR count). The summed E-state index contributed by atoms with van der Waals surface area (Å²) in [4.78, 5) is 30.3. The van der Waals surface area contributed by atoms with Crippen LogP contribution in [0, 0.1) is 0 Å². The fourth-order valence-corrected chi connectivity index (χ4v) is 5.75. The number of nitrogens with one attached hydrogen (secondary N) is 3. The monoisotopic (exact) mass is 542 g/mol. The highest BCUT2D eigenvalue weighted by atomic mass is 32.1. The van der Waals surface area contributed by atoms with Crippen molar-refractivity contribution in [3.63, 3.8) is 0 Å². The Bertz CT molecular complexity index is 1690. The molecule has 0 atom stereocenters. The lowest BCUT2D eigenvalue weighted by atomic mass is 10.0. The van der Waals surface area contributed by atoms with Gasteiger partial charge in [0.15, 0.2) is 0 Å². The number of aromatic nitrogens is 2. The van der Waals surface area contributed by atoms with Crippen molar-refractivity contribution in [2.24, 2.45) is 7.05 Å². The number of fused-ring (bicyclic) bond motifs is 2. The molecule has 0 aliphatic heterocycles. The third-order valence-corrected chi connectivity index (χ3v) is 7.72. The minimum absolute atomic E-state index is 0.180.